The molecule has 0 aliphatic carbocycles. The SMILES string of the molecule is CCOc1cc(/C=C(\C#N)C(=O)Nc2cccc([N+](=O)[O-])c2)cc(I)c1OCc1ccccc1Br. The molecule has 8 nitrogen and oxygen atoms in total. The average molecular weight is 648 g/mol. The fourth-order valence-corrected chi connectivity index (χ4v) is 4.23. The standard InChI is InChI=1S/C25H19BrIN3O5/c1-2-34-23-12-16(11-22(27)24(23)35-15-17-6-3-4-9-21(17)26)10-18(14-28)25(31)29-19-7-5-8-20(13-19)30(32)33/h3-13H,2,15H2,1H3,(H,29,31)/b18-10+. The van der Waals surface area contributed by atoms with Crippen molar-refractivity contribution in [1.29, 1.82) is 5.26 Å². The monoisotopic (exact) mass is 647 g/mol. The number of carbonyl (C=O) groups excluding carboxylic acids is 1. The Balaban J connectivity index is 1.85. The number of non-ortho nitro benzene ring substituents is 1. The number of amides is 1. The molecule has 1 amide bonds. The third-order valence-corrected chi connectivity index (χ3v) is 6.23. The molecule has 178 valence electrons. The quantitative estimate of drug-likeness (QED) is 0.0934. The Labute approximate surface area is 224 Å². The maximum atomic E-state index is 12.6. The molecule has 0 fully saturated rings. The van der Waals surface area contributed by atoms with Crippen molar-refractivity contribution in [2.45, 2.75) is 13.5 Å². The highest BCUT2D eigenvalue weighted by atomic mass is 127. The number of hydrogen-bond donors (Lipinski definition) is 1. The number of benzene rings is 3. The summed E-state index contributed by atoms with van der Waals surface area (Å²) in [5.74, 6) is 0.351. The lowest BCUT2D eigenvalue weighted by molar-refractivity contribution is -0.384. The molecule has 35 heavy (non-hydrogen) atoms. The van der Waals surface area contributed by atoms with Gasteiger partial charge < -0.3 is 14.8 Å². The van der Waals surface area contributed by atoms with Crippen molar-refractivity contribution in [2.75, 3.05) is 11.9 Å². The summed E-state index contributed by atoms with van der Waals surface area (Å²) in [4.78, 5) is 23.0. The average Bonchev–Trinajstić information content (AvgIpc) is 2.83. The normalized spacial score (nSPS) is 10.9. The summed E-state index contributed by atoms with van der Waals surface area (Å²) in [7, 11) is 0. The van der Waals surface area contributed by atoms with Gasteiger partial charge >= 0.3 is 0 Å². The molecule has 0 bridgehead atoms. The largest absolute Gasteiger partial charge is 0.490 e. The van der Waals surface area contributed by atoms with Crippen molar-refractivity contribution >= 4 is 61.9 Å². The van der Waals surface area contributed by atoms with Crippen molar-refractivity contribution in [3.63, 3.8) is 0 Å². The van der Waals surface area contributed by atoms with E-state index in [2.05, 4.69) is 43.8 Å². The maximum Gasteiger partial charge on any atom is 0.271 e. The minimum absolute atomic E-state index is 0.167. The first-order valence-corrected chi connectivity index (χ1v) is 12.2. The molecule has 10 heteroatoms. The minimum Gasteiger partial charge on any atom is -0.490 e. The van der Waals surface area contributed by atoms with Gasteiger partial charge in [0.05, 0.1) is 15.1 Å². The van der Waals surface area contributed by atoms with Crippen LogP contribution in [0.2, 0.25) is 0 Å². The zero-order chi connectivity index (χ0) is 25.4. The molecule has 3 aromatic rings. The van der Waals surface area contributed by atoms with E-state index in [4.69, 9.17) is 9.47 Å². The lowest BCUT2D eigenvalue weighted by atomic mass is 10.1. The molecule has 0 atom stereocenters. The number of nitrogens with zero attached hydrogens (tertiary/aromatic N) is 2. The van der Waals surface area contributed by atoms with Crippen molar-refractivity contribution < 1.29 is 19.2 Å². The highest BCUT2D eigenvalue weighted by Gasteiger charge is 2.16. The fourth-order valence-electron chi connectivity index (χ4n) is 3.05. The number of nitrogens with one attached hydrogen (secondary N) is 1. The Morgan fingerprint density at radius 2 is 1.97 bits per heavy atom. The Bertz CT molecular complexity index is 1340. The molecule has 0 saturated heterocycles. The number of halogens is 2. The molecule has 0 radical (unpaired) electrons. The van der Waals surface area contributed by atoms with E-state index >= 15 is 0 Å². The van der Waals surface area contributed by atoms with Crippen molar-refractivity contribution in [1.82, 2.24) is 0 Å². The first kappa shape index (κ1) is 26.2. The van der Waals surface area contributed by atoms with E-state index in [1.54, 1.807) is 12.1 Å². The lowest BCUT2D eigenvalue weighted by Crippen LogP contribution is -2.13. The lowest BCUT2D eigenvalue weighted by Gasteiger charge is -2.15. The molecule has 0 aliphatic rings. The van der Waals surface area contributed by atoms with E-state index in [0.29, 0.717) is 30.3 Å². The van der Waals surface area contributed by atoms with Crippen LogP contribution in [0.3, 0.4) is 0 Å². The molecule has 0 aromatic heterocycles. The van der Waals surface area contributed by atoms with Crippen LogP contribution < -0.4 is 14.8 Å². The van der Waals surface area contributed by atoms with Crippen LogP contribution in [-0.4, -0.2) is 17.4 Å². The number of carbonyl (C=O) groups is 1. The number of nitro benzene ring substituents is 1. The molecule has 0 unspecified atom stereocenters. The second-order valence-corrected chi connectivity index (χ2v) is 9.09. The van der Waals surface area contributed by atoms with Crippen LogP contribution in [0.15, 0.2) is 70.7 Å². The Kier molecular flexibility index (Phi) is 9.22. The molecule has 3 rings (SSSR count). The number of ether oxygens (including phenoxy) is 2. The number of anilines is 1. The van der Waals surface area contributed by atoms with Gasteiger partial charge in [0.2, 0.25) is 0 Å². The van der Waals surface area contributed by atoms with Gasteiger partial charge in [0.1, 0.15) is 18.2 Å². The summed E-state index contributed by atoms with van der Waals surface area (Å²) in [5.41, 5.74) is 1.41. The third kappa shape index (κ3) is 7.03. The summed E-state index contributed by atoms with van der Waals surface area (Å²) in [6, 6.07) is 18.6. The topological polar surface area (TPSA) is 114 Å². The van der Waals surface area contributed by atoms with Gasteiger partial charge in [-0.15, -0.1) is 0 Å². The van der Waals surface area contributed by atoms with Gasteiger partial charge in [-0.3, -0.25) is 14.9 Å². The van der Waals surface area contributed by atoms with E-state index in [-0.39, 0.29) is 16.9 Å². The van der Waals surface area contributed by atoms with Gasteiger partial charge in [-0.1, -0.05) is 40.2 Å². The Hall–Kier alpha value is -3.43. The summed E-state index contributed by atoms with van der Waals surface area (Å²) < 4.78 is 13.5. The van der Waals surface area contributed by atoms with E-state index in [0.717, 1.165) is 13.6 Å². The Morgan fingerprint density at radius 3 is 2.66 bits per heavy atom. The zero-order valence-corrected chi connectivity index (χ0v) is 22.2. The van der Waals surface area contributed by atoms with Crippen LogP contribution in [0.1, 0.15) is 18.1 Å². The van der Waals surface area contributed by atoms with Crippen LogP contribution in [-0.2, 0) is 11.4 Å². The number of rotatable bonds is 9. The van der Waals surface area contributed by atoms with Crippen LogP contribution in [0.25, 0.3) is 6.08 Å². The first-order chi connectivity index (χ1) is 16.8. The smallest absolute Gasteiger partial charge is 0.271 e. The zero-order valence-electron chi connectivity index (χ0n) is 18.5. The first-order valence-electron chi connectivity index (χ1n) is 10.3. The predicted octanol–water partition coefficient (Wildman–Crippen LogP) is 6.49. The van der Waals surface area contributed by atoms with E-state index in [1.165, 1.54) is 30.3 Å². The van der Waals surface area contributed by atoms with Gasteiger partial charge in [0.15, 0.2) is 11.5 Å². The Morgan fingerprint density at radius 1 is 1.20 bits per heavy atom. The molecule has 0 saturated carbocycles. The molecular weight excluding hydrogens is 629 g/mol. The third-order valence-electron chi connectivity index (χ3n) is 4.65. The van der Waals surface area contributed by atoms with Crippen molar-refractivity contribution in [2.24, 2.45) is 0 Å². The highest BCUT2D eigenvalue weighted by Crippen LogP contribution is 2.36. The van der Waals surface area contributed by atoms with Crippen LogP contribution in [0.5, 0.6) is 11.5 Å². The molecule has 0 spiro atoms. The van der Waals surface area contributed by atoms with Crippen LogP contribution in [0, 0.1) is 25.0 Å². The summed E-state index contributed by atoms with van der Waals surface area (Å²) in [6.07, 6.45) is 1.43. The van der Waals surface area contributed by atoms with Gasteiger partial charge in [-0.25, -0.2) is 0 Å². The van der Waals surface area contributed by atoms with Gasteiger partial charge in [0, 0.05) is 27.9 Å². The fraction of sp³-hybridized carbons (Fsp3) is 0.120. The molecule has 3 aromatic carbocycles. The summed E-state index contributed by atoms with van der Waals surface area (Å²) in [5, 5.41) is 23.0. The predicted molar refractivity (Wildman–Crippen MR) is 144 cm³/mol. The summed E-state index contributed by atoms with van der Waals surface area (Å²) in [6.45, 7) is 2.56. The minimum atomic E-state index is -0.685. The molecule has 1 N–H and O–H groups in total. The van der Waals surface area contributed by atoms with E-state index in [1.807, 2.05) is 37.3 Å². The van der Waals surface area contributed by atoms with E-state index < -0.39 is 10.8 Å². The molecular formula is C25H19BrIN3O5. The van der Waals surface area contributed by atoms with Crippen molar-refractivity contribution in [3.8, 4) is 17.6 Å². The van der Waals surface area contributed by atoms with Gasteiger partial charge in [-0.05, 0) is 65.4 Å². The second kappa shape index (κ2) is 12.3. The number of nitro groups is 1. The number of nitriles is 1. The second-order valence-electron chi connectivity index (χ2n) is 7.07. The van der Waals surface area contributed by atoms with Gasteiger partial charge in [-0.2, -0.15) is 5.26 Å². The maximum absolute atomic E-state index is 12.6. The number of hydrogen-bond acceptors (Lipinski definition) is 6. The van der Waals surface area contributed by atoms with Crippen LogP contribution >= 0.6 is 38.5 Å². The molecule has 0 heterocycles. The van der Waals surface area contributed by atoms with Crippen molar-refractivity contribution in [3.05, 3.63) is 95.5 Å². The highest BCUT2D eigenvalue weighted by molar-refractivity contribution is 14.1. The van der Waals surface area contributed by atoms with Crippen LogP contribution in [0.4, 0.5) is 11.4 Å². The van der Waals surface area contributed by atoms with E-state index in [9.17, 15) is 20.2 Å². The molecule has 0 aliphatic heterocycles. The van der Waals surface area contributed by atoms with Gasteiger partial charge in [0.25, 0.3) is 11.6 Å². The summed E-state index contributed by atoms with van der Waals surface area (Å²) >= 11 is 5.62.